The summed E-state index contributed by atoms with van der Waals surface area (Å²) in [7, 11) is 0. The van der Waals surface area contributed by atoms with Crippen LogP contribution in [0.15, 0.2) is 54.6 Å². The zero-order valence-corrected chi connectivity index (χ0v) is 21.8. The summed E-state index contributed by atoms with van der Waals surface area (Å²) in [5.41, 5.74) is -1.47. The van der Waals surface area contributed by atoms with Crippen molar-refractivity contribution in [2.45, 2.75) is 74.8 Å². The summed E-state index contributed by atoms with van der Waals surface area (Å²) in [6, 6.07) is 8.12. The standard InChI is InChI=1S/C30H36N2O6/c1-29-14-9-17-37-28(36)24(29)23-26(34)32(22(19-33)18-20-10-4-2-5-11-20)25-27(35)31(21-12-6-3-7-13-21)16-8-15-30(23,25)38-29/h2,4-5,8-11,14-15,21-25,33H,3,6-7,12-13,16-19H2,1H3/t22-,23+,24+,25?,29-,30+/m1/s1. The zero-order valence-electron chi connectivity index (χ0n) is 21.8. The van der Waals surface area contributed by atoms with Crippen LogP contribution in [0, 0.1) is 11.8 Å². The third kappa shape index (κ3) is 3.83. The van der Waals surface area contributed by atoms with E-state index in [1.54, 1.807) is 24.0 Å². The number of ether oxygens (including phenoxy) is 2. The minimum atomic E-state index is -1.33. The number of carbonyl (C=O) groups is 3. The molecule has 3 fully saturated rings. The topological polar surface area (TPSA) is 96.4 Å². The van der Waals surface area contributed by atoms with Crippen LogP contribution < -0.4 is 0 Å². The van der Waals surface area contributed by atoms with Gasteiger partial charge in [-0.25, -0.2) is 0 Å². The Kier molecular flexibility index (Phi) is 6.43. The number of aliphatic hydroxyl groups is 1. The van der Waals surface area contributed by atoms with Crippen LogP contribution in [0.1, 0.15) is 44.6 Å². The number of cyclic esters (lactones) is 1. The first-order valence-corrected chi connectivity index (χ1v) is 13.9. The highest BCUT2D eigenvalue weighted by atomic mass is 16.6. The molecule has 1 aromatic rings. The third-order valence-electron chi connectivity index (χ3n) is 9.22. The highest BCUT2D eigenvalue weighted by molar-refractivity contribution is 5.99. The van der Waals surface area contributed by atoms with E-state index in [2.05, 4.69) is 0 Å². The van der Waals surface area contributed by atoms with Gasteiger partial charge in [0.25, 0.3) is 0 Å². The van der Waals surface area contributed by atoms with Gasteiger partial charge < -0.3 is 24.4 Å². The first-order valence-electron chi connectivity index (χ1n) is 13.9. The maximum Gasteiger partial charge on any atom is 0.313 e. The first-order chi connectivity index (χ1) is 18.4. The molecule has 8 heteroatoms. The van der Waals surface area contributed by atoms with E-state index in [1.165, 1.54) is 0 Å². The van der Waals surface area contributed by atoms with Gasteiger partial charge in [-0.15, -0.1) is 0 Å². The van der Waals surface area contributed by atoms with Gasteiger partial charge in [-0.1, -0.05) is 67.8 Å². The van der Waals surface area contributed by atoms with Gasteiger partial charge in [0.05, 0.1) is 24.2 Å². The summed E-state index contributed by atoms with van der Waals surface area (Å²) in [5, 5.41) is 10.6. The van der Waals surface area contributed by atoms with Crippen LogP contribution >= 0.6 is 0 Å². The number of likely N-dealkylation sites (tertiary alicyclic amines) is 1. The van der Waals surface area contributed by atoms with Crippen molar-refractivity contribution in [2.75, 3.05) is 19.8 Å². The Morgan fingerprint density at radius 3 is 2.50 bits per heavy atom. The predicted octanol–water partition coefficient (Wildman–Crippen LogP) is 2.40. The molecule has 1 N–H and O–H groups in total. The normalized spacial score (nSPS) is 35.8. The fourth-order valence-electron chi connectivity index (χ4n) is 7.56. The van der Waals surface area contributed by atoms with Crippen molar-refractivity contribution in [3.63, 3.8) is 0 Å². The van der Waals surface area contributed by atoms with Gasteiger partial charge in [0, 0.05) is 12.6 Å². The smallest absolute Gasteiger partial charge is 0.313 e. The number of hydrogen-bond donors (Lipinski definition) is 1. The van der Waals surface area contributed by atoms with E-state index in [4.69, 9.17) is 9.47 Å². The molecule has 1 aliphatic carbocycles. The Morgan fingerprint density at radius 2 is 1.76 bits per heavy atom. The van der Waals surface area contributed by atoms with E-state index < -0.39 is 41.1 Å². The zero-order chi connectivity index (χ0) is 26.5. The molecule has 0 bridgehead atoms. The van der Waals surface area contributed by atoms with Crippen LogP contribution in [0.5, 0.6) is 0 Å². The molecule has 2 amide bonds. The summed E-state index contributed by atoms with van der Waals surface area (Å²) in [5.74, 6) is -2.82. The molecule has 1 unspecified atom stereocenters. The number of aliphatic hydroxyl groups excluding tert-OH is 1. The van der Waals surface area contributed by atoms with Crippen molar-refractivity contribution in [3.05, 3.63) is 60.2 Å². The predicted molar refractivity (Wildman–Crippen MR) is 139 cm³/mol. The Balaban J connectivity index is 1.46. The molecule has 6 rings (SSSR count). The molecule has 202 valence electrons. The van der Waals surface area contributed by atoms with Crippen LogP contribution in [0.4, 0.5) is 0 Å². The van der Waals surface area contributed by atoms with Gasteiger partial charge in [0.15, 0.2) is 0 Å². The van der Waals surface area contributed by atoms with E-state index in [1.807, 2.05) is 47.4 Å². The summed E-state index contributed by atoms with van der Waals surface area (Å²) in [6.45, 7) is 2.04. The van der Waals surface area contributed by atoms with Crippen LogP contribution in [0.3, 0.4) is 0 Å². The maximum atomic E-state index is 14.5. The lowest BCUT2D eigenvalue weighted by molar-refractivity contribution is -0.160. The van der Waals surface area contributed by atoms with Crippen molar-refractivity contribution < 1.29 is 29.0 Å². The second-order valence-corrected chi connectivity index (χ2v) is 11.5. The summed E-state index contributed by atoms with van der Waals surface area (Å²) in [6.07, 6.45) is 12.9. The van der Waals surface area contributed by atoms with Crippen LogP contribution in [0.2, 0.25) is 0 Å². The summed E-state index contributed by atoms with van der Waals surface area (Å²) >= 11 is 0. The number of carbonyl (C=O) groups excluding carboxylic acids is 3. The summed E-state index contributed by atoms with van der Waals surface area (Å²) < 4.78 is 12.2. The molecule has 8 nitrogen and oxygen atoms in total. The first kappa shape index (κ1) is 25.3. The number of hydrogen-bond acceptors (Lipinski definition) is 6. The minimum absolute atomic E-state index is 0.0982. The largest absolute Gasteiger partial charge is 0.461 e. The van der Waals surface area contributed by atoms with Gasteiger partial charge in [-0.05, 0) is 37.8 Å². The van der Waals surface area contributed by atoms with Crippen molar-refractivity contribution in [1.29, 1.82) is 0 Å². The fourth-order valence-corrected chi connectivity index (χ4v) is 7.56. The van der Waals surface area contributed by atoms with E-state index in [0.717, 1.165) is 37.7 Å². The third-order valence-corrected chi connectivity index (χ3v) is 9.22. The lowest BCUT2D eigenvalue weighted by Crippen LogP contribution is -2.60. The van der Waals surface area contributed by atoms with E-state index in [-0.39, 0.29) is 31.1 Å². The second-order valence-electron chi connectivity index (χ2n) is 11.5. The van der Waals surface area contributed by atoms with E-state index in [9.17, 15) is 19.5 Å². The molecule has 4 aliphatic heterocycles. The maximum absolute atomic E-state index is 14.5. The molecule has 1 spiro atoms. The van der Waals surface area contributed by atoms with E-state index >= 15 is 0 Å². The molecule has 0 aromatic heterocycles. The van der Waals surface area contributed by atoms with Crippen molar-refractivity contribution in [3.8, 4) is 0 Å². The average molecular weight is 521 g/mol. The highest BCUT2D eigenvalue weighted by Gasteiger charge is 2.75. The lowest BCUT2D eigenvalue weighted by atomic mass is 9.74. The number of fused-ring (bicyclic) bond motifs is 2. The minimum Gasteiger partial charge on any atom is -0.461 e. The van der Waals surface area contributed by atoms with Gasteiger partial charge in [0.1, 0.15) is 24.2 Å². The Labute approximate surface area is 223 Å². The van der Waals surface area contributed by atoms with Crippen LogP contribution in [-0.4, -0.2) is 81.8 Å². The summed E-state index contributed by atoms with van der Waals surface area (Å²) in [4.78, 5) is 45.7. The molecular formula is C30H36N2O6. The van der Waals surface area contributed by atoms with Crippen molar-refractivity contribution in [1.82, 2.24) is 9.80 Å². The molecule has 6 atom stereocenters. The molecule has 1 aromatic carbocycles. The van der Waals surface area contributed by atoms with Crippen molar-refractivity contribution in [2.24, 2.45) is 11.8 Å². The fraction of sp³-hybridized carbons (Fsp3) is 0.567. The second kappa shape index (κ2) is 9.65. The number of esters is 1. The van der Waals surface area contributed by atoms with Crippen LogP contribution in [0.25, 0.3) is 0 Å². The number of nitrogens with zero attached hydrogens (tertiary/aromatic N) is 2. The van der Waals surface area contributed by atoms with Gasteiger partial charge in [0.2, 0.25) is 11.8 Å². The highest BCUT2D eigenvalue weighted by Crippen LogP contribution is 2.58. The number of benzene rings is 1. The Morgan fingerprint density at radius 1 is 1.00 bits per heavy atom. The quantitative estimate of drug-likeness (QED) is 0.473. The van der Waals surface area contributed by atoms with E-state index in [0.29, 0.717) is 13.0 Å². The van der Waals surface area contributed by atoms with Gasteiger partial charge in [-0.3, -0.25) is 14.4 Å². The average Bonchev–Trinajstić information content (AvgIpc) is 3.19. The molecule has 5 aliphatic rings. The molecular weight excluding hydrogens is 484 g/mol. The Hall–Kier alpha value is -2.97. The molecule has 4 heterocycles. The van der Waals surface area contributed by atoms with Gasteiger partial charge in [-0.2, -0.15) is 0 Å². The number of amides is 2. The molecule has 1 saturated carbocycles. The lowest BCUT2D eigenvalue weighted by Gasteiger charge is -2.42. The number of rotatable bonds is 5. The van der Waals surface area contributed by atoms with Gasteiger partial charge >= 0.3 is 5.97 Å². The Bertz CT molecular complexity index is 1160. The van der Waals surface area contributed by atoms with Crippen LogP contribution in [-0.2, 0) is 30.3 Å². The molecule has 0 radical (unpaired) electrons. The molecule has 2 saturated heterocycles. The monoisotopic (exact) mass is 520 g/mol. The molecule has 38 heavy (non-hydrogen) atoms. The van der Waals surface area contributed by atoms with Crippen molar-refractivity contribution >= 4 is 17.8 Å². The SMILES string of the molecule is C[C@@]12C=CCOC(=O)[C@@H]1[C@H]1C(=O)N([C@@H](CO)Cc3ccccc3)C3C(=O)N(C4CCCCC4)CC=C[C@@]31O2.